The molecule has 0 aliphatic rings. The third-order valence-electron chi connectivity index (χ3n) is 6.95. The van der Waals surface area contributed by atoms with Crippen molar-refractivity contribution in [2.24, 2.45) is 0 Å². The lowest BCUT2D eigenvalue weighted by atomic mass is 9.99. The number of halogens is 1. The lowest BCUT2D eigenvalue weighted by molar-refractivity contribution is -0.142. The fraction of sp³-hybridized carbons (Fsp3) is 0.394. The van der Waals surface area contributed by atoms with Crippen molar-refractivity contribution in [2.75, 3.05) is 24.2 Å². The van der Waals surface area contributed by atoms with E-state index in [4.69, 9.17) is 16.3 Å². The van der Waals surface area contributed by atoms with Crippen LogP contribution in [0.1, 0.15) is 50.3 Å². The van der Waals surface area contributed by atoms with Gasteiger partial charge in [-0.15, -0.1) is 0 Å². The van der Waals surface area contributed by atoms with E-state index in [1.165, 1.54) is 17.5 Å². The van der Waals surface area contributed by atoms with Gasteiger partial charge in [0.1, 0.15) is 11.8 Å². The van der Waals surface area contributed by atoms with Crippen LogP contribution in [0.5, 0.6) is 5.75 Å². The summed E-state index contributed by atoms with van der Waals surface area (Å²) in [5.41, 5.74) is 2.75. The highest BCUT2D eigenvalue weighted by Gasteiger charge is 2.32. The topological polar surface area (TPSA) is 96.0 Å². The van der Waals surface area contributed by atoms with Gasteiger partial charge in [0.25, 0.3) is 0 Å². The van der Waals surface area contributed by atoms with Crippen LogP contribution in [-0.2, 0) is 32.6 Å². The summed E-state index contributed by atoms with van der Waals surface area (Å²) in [5, 5.41) is 3.34. The van der Waals surface area contributed by atoms with Gasteiger partial charge in [0.2, 0.25) is 21.8 Å². The Balaban J connectivity index is 1.91. The number of hydrogen-bond acceptors (Lipinski definition) is 5. The first kappa shape index (κ1) is 33.9. The van der Waals surface area contributed by atoms with Gasteiger partial charge >= 0.3 is 0 Å². The molecule has 0 unspecified atom stereocenters. The molecule has 10 heteroatoms. The molecule has 8 nitrogen and oxygen atoms in total. The number of sulfonamides is 1. The Morgan fingerprint density at radius 2 is 1.65 bits per heavy atom. The average molecular weight is 628 g/mol. The van der Waals surface area contributed by atoms with Gasteiger partial charge in [-0.25, -0.2) is 8.42 Å². The third-order valence-corrected chi connectivity index (χ3v) is 8.44. The quantitative estimate of drug-likeness (QED) is 0.260. The van der Waals surface area contributed by atoms with Gasteiger partial charge in [0, 0.05) is 31.5 Å². The zero-order valence-electron chi connectivity index (χ0n) is 25.8. The van der Waals surface area contributed by atoms with E-state index in [2.05, 4.69) is 5.32 Å². The number of aryl methyl sites for hydroxylation is 1. The van der Waals surface area contributed by atoms with Crippen molar-refractivity contribution in [1.29, 1.82) is 0 Å². The van der Waals surface area contributed by atoms with Crippen LogP contribution in [0, 0.1) is 6.92 Å². The highest BCUT2D eigenvalue weighted by atomic mass is 35.5. The number of hydrogen-bond donors (Lipinski definition) is 1. The maximum Gasteiger partial charge on any atom is 0.243 e. The third kappa shape index (κ3) is 10.0. The minimum Gasteiger partial charge on any atom is -0.495 e. The number of carbonyl (C=O) groups is 2. The van der Waals surface area contributed by atoms with Gasteiger partial charge < -0.3 is 15.0 Å². The molecule has 0 bridgehead atoms. The molecule has 2 amide bonds. The number of nitrogens with one attached hydrogen (secondary N) is 1. The van der Waals surface area contributed by atoms with Gasteiger partial charge in [-0.3, -0.25) is 13.9 Å². The van der Waals surface area contributed by atoms with E-state index in [0.29, 0.717) is 17.9 Å². The first-order valence-corrected chi connectivity index (χ1v) is 16.4. The summed E-state index contributed by atoms with van der Waals surface area (Å²) in [6.07, 6.45) is 1.72. The van der Waals surface area contributed by atoms with E-state index in [9.17, 15) is 18.0 Å². The lowest BCUT2D eigenvalue weighted by Gasteiger charge is -2.34. The second-order valence-electron chi connectivity index (χ2n) is 11.7. The molecule has 43 heavy (non-hydrogen) atoms. The first-order chi connectivity index (χ1) is 20.2. The molecule has 3 aromatic carbocycles. The molecule has 0 heterocycles. The molecule has 0 saturated carbocycles. The normalized spacial score (nSPS) is 12.3. The minimum atomic E-state index is -3.67. The molecule has 0 fully saturated rings. The standard InChI is InChI=1S/C33H42ClN3O5S/c1-24-13-10-11-16-26(24)23-36(29(32(39)35-33(2,3)4)21-25-14-8-7-9-15-25)31(38)17-12-20-37(43(6,40)41)27-18-19-30(42-5)28(34)22-27/h7-11,13-16,18-19,22,29H,12,17,20-21,23H2,1-6H3,(H,35,39)/t29-/m0/s1. The minimum absolute atomic E-state index is 0.0376. The van der Waals surface area contributed by atoms with Gasteiger partial charge in [0.15, 0.2) is 0 Å². The molecule has 3 aromatic rings. The van der Waals surface area contributed by atoms with Crippen LogP contribution in [0.3, 0.4) is 0 Å². The highest BCUT2D eigenvalue weighted by molar-refractivity contribution is 7.92. The van der Waals surface area contributed by atoms with E-state index in [1.54, 1.807) is 17.0 Å². The number of anilines is 1. The van der Waals surface area contributed by atoms with Crippen molar-refractivity contribution in [2.45, 2.75) is 65.1 Å². The van der Waals surface area contributed by atoms with Gasteiger partial charge in [-0.05, 0) is 69.0 Å². The smallest absolute Gasteiger partial charge is 0.243 e. The Labute approximate surface area is 261 Å². The second kappa shape index (κ2) is 14.8. The van der Waals surface area contributed by atoms with E-state index in [1.807, 2.05) is 82.3 Å². The molecular weight excluding hydrogens is 586 g/mol. The van der Waals surface area contributed by atoms with Crippen molar-refractivity contribution < 1.29 is 22.7 Å². The largest absolute Gasteiger partial charge is 0.495 e. The average Bonchev–Trinajstić information content (AvgIpc) is 2.92. The zero-order chi connectivity index (χ0) is 31.8. The van der Waals surface area contributed by atoms with Crippen molar-refractivity contribution in [1.82, 2.24) is 10.2 Å². The SMILES string of the molecule is COc1ccc(N(CCCC(=O)N(Cc2ccccc2C)[C@@H](Cc2ccccc2)C(=O)NC(C)(C)C)S(C)(=O)=O)cc1Cl. The van der Waals surface area contributed by atoms with Crippen LogP contribution < -0.4 is 14.4 Å². The number of nitrogens with zero attached hydrogens (tertiary/aromatic N) is 2. The Morgan fingerprint density at radius 3 is 2.23 bits per heavy atom. The predicted octanol–water partition coefficient (Wildman–Crippen LogP) is 5.76. The van der Waals surface area contributed by atoms with E-state index < -0.39 is 21.6 Å². The van der Waals surface area contributed by atoms with Crippen LogP contribution in [0.15, 0.2) is 72.8 Å². The van der Waals surface area contributed by atoms with E-state index in [0.717, 1.165) is 22.9 Å². The lowest BCUT2D eigenvalue weighted by Crippen LogP contribution is -2.54. The fourth-order valence-electron chi connectivity index (χ4n) is 4.79. The van der Waals surface area contributed by atoms with Gasteiger partial charge in [-0.2, -0.15) is 0 Å². The number of amides is 2. The molecule has 0 radical (unpaired) electrons. The summed E-state index contributed by atoms with van der Waals surface area (Å²) in [7, 11) is -2.19. The Morgan fingerprint density at radius 1 is 1.00 bits per heavy atom. The summed E-state index contributed by atoms with van der Waals surface area (Å²) in [6.45, 7) is 7.99. The second-order valence-corrected chi connectivity index (χ2v) is 14.0. The highest BCUT2D eigenvalue weighted by Crippen LogP contribution is 2.30. The zero-order valence-corrected chi connectivity index (χ0v) is 27.3. The monoisotopic (exact) mass is 627 g/mol. The Bertz CT molecular complexity index is 1510. The summed E-state index contributed by atoms with van der Waals surface area (Å²) < 4.78 is 31.9. The maximum absolute atomic E-state index is 14.0. The van der Waals surface area contributed by atoms with Crippen LogP contribution in [0.4, 0.5) is 5.69 Å². The number of benzene rings is 3. The summed E-state index contributed by atoms with van der Waals surface area (Å²) in [6, 6.07) is 21.4. The molecule has 0 aromatic heterocycles. The number of ether oxygens (including phenoxy) is 1. The molecular formula is C33H42ClN3O5S. The molecule has 232 valence electrons. The Kier molecular flexibility index (Phi) is 11.6. The molecule has 0 saturated heterocycles. The molecule has 0 aliphatic carbocycles. The van der Waals surface area contributed by atoms with Crippen LogP contribution in [-0.4, -0.2) is 56.6 Å². The number of methoxy groups -OCH3 is 1. The fourth-order valence-corrected chi connectivity index (χ4v) is 6.00. The van der Waals surface area contributed by atoms with E-state index >= 15 is 0 Å². The predicted molar refractivity (Wildman–Crippen MR) is 173 cm³/mol. The van der Waals surface area contributed by atoms with Gasteiger partial charge in [0.05, 0.1) is 24.1 Å². The van der Waals surface area contributed by atoms with Crippen LogP contribution in [0.2, 0.25) is 5.02 Å². The number of carbonyl (C=O) groups excluding carboxylic acids is 2. The molecule has 3 rings (SSSR count). The van der Waals surface area contributed by atoms with Crippen molar-refractivity contribution in [3.8, 4) is 5.75 Å². The molecule has 1 atom stereocenters. The summed E-state index contributed by atoms with van der Waals surface area (Å²) >= 11 is 6.27. The van der Waals surface area contributed by atoms with Crippen molar-refractivity contribution in [3.63, 3.8) is 0 Å². The molecule has 0 aliphatic heterocycles. The van der Waals surface area contributed by atoms with Gasteiger partial charge in [-0.1, -0.05) is 66.2 Å². The first-order valence-electron chi connectivity index (χ1n) is 14.2. The van der Waals surface area contributed by atoms with Crippen LogP contribution in [0.25, 0.3) is 0 Å². The Hall–Kier alpha value is -3.56. The van der Waals surface area contributed by atoms with Crippen LogP contribution >= 0.6 is 11.6 Å². The molecule has 0 spiro atoms. The van der Waals surface area contributed by atoms with Crippen molar-refractivity contribution in [3.05, 3.63) is 94.5 Å². The van der Waals surface area contributed by atoms with E-state index in [-0.39, 0.29) is 42.8 Å². The summed E-state index contributed by atoms with van der Waals surface area (Å²) in [5.74, 6) is -0.0581. The summed E-state index contributed by atoms with van der Waals surface area (Å²) in [4.78, 5) is 29.4. The maximum atomic E-state index is 14.0. The number of rotatable bonds is 13. The molecule has 1 N–H and O–H groups in total. The van der Waals surface area contributed by atoms with Crippen molar-refractivity contribution >= 4 is 39.1 Å².